The van der Waals surface area contributed by atoms with E-state index < -0.39 is 0 Å². The fourth-order valence-electron chi connectivity index (χ4n) is 2.43. The summed E-state index contributed by atoms with van der Waals surface area (Å²) in [5.74, 6) is 1.52. The van der Waals surface area contributed by atoms with Gasteiger partial charge in [-0.05, 0) is 50.3 Å². The van der Waals surface area contributed by atoms with Gasteiger partial charge in [-0.15, -0.1) is 0 Å². The minimum Gasteiger partial charge on any atom is -0.317 e. The molecule has 0 bridgehead atoms. The highest BCUT2D eigenvalue weighted by Gasteiger charge is 2.15. The molecule has 0 spiro atoms. The van der Waals surface area contributed by atoms with E-state index in [1.165, 1.54) is 38.0 Å². The van der Waals surface area contributed by atoms with Crippen LogP contribution >= 0.6 is 0 Å². The van der Waals surface area contributed by atoms with Crippen LogP contribution in [0.5, 0.6) is 0 Å². The zero-order chi connectivity index (χ0) is 11.4. The third-order valence-electron chi connectivity index (χ3n) is 3.30. The largest absolute Gasteiger partial charge is 0.317 e. The number of hydrogen-bond acceptors (Lipinski definition) is 2. The first-order valence-corrected chi connectivity index (χ1v) is 6.47. The molecule has 0 atom stereocenters. The first-order chi connectivity index (χ1) is 7.75. The number of aromatic nitrogens is 2. The maximum atomic E-state index is 4.42. The van der Waals surface area contributed by atoms with Crippen LogP contribution in [0.1, 0.15) is 32.4 Å². The average molecular weight is 221 g/mol. The number of rotatable bonds is 4. The van der Waals surface area contributed by atoms with Gasteiger partial charge >= 0.3 is 0 Å². The second-order valence-electron chi connectivity index (χ2n) is 5.30. The van der Waals surface area contributed by atoms with Gasteiger partial charge in [-0.3, -0.25) is 4.68 Å². The Bertz CT molecular complexity index is 311. The minimum atomic E-state index is 0.673. The van der Waals surface area contributed by atoms with Crippen molar-refractivity contribution in [3.05, 3.63) is 18.0 Å². The Morgan fingerprint density at radius 2 is 2.19 bits per heavy atom. The lowest BCUT2D eigenvalue weighted by atomic mass is 9.93. The van der Waals surface area contributed by atoms with Crippen molar-refractivity contribution in [1.29, 1.82) is 0 Å². The normalized spacial score (nSPS) is 18.2. The molecule has 0 aromatic carbocycles. The standard InChI is InChI=1S/C13H23N3/c1-11(2)10-16-13(5-8-15-16)9-12-3-6-14-7-4-12/h5,8,11-12,14H,3-4,6-7,9-10H2,1-2H3. The highest BCUT2D eigenvalue weighted by Crippen LogP contribution is 2.18. The van der Waals surface area contributed by atoms with Crippen molar-refractivity contribution in [3.63, 3.8) is 0 Å². The molecular weight excluding hydrogens is 198 g/mol. The Morgan fingerprint density at radius 3 is 2.88 bits per heavy atom. The monoisotopic (exact) mass is 221 g/mol. The van der Waals surface area contributed by atoms with Crippen molar-refractivity contribution in [2.45, 2.75) is 39.7 Å². The van der Waals surface area contributed by atoms with Crippen LogP contribution in [0.2, 0.25) is 0 Å². The molecular formula is C13H23N3. The van der Waals surface area contributed by atoms with Gasteiger partial charge < -0.3 is 5.32 Å². The molecule has 1 saturated heterocycles. The molecule has 3 heteroatoms. The molecule has 2 heterocycles. The van der Waals surface area contributed by atoms with Crippen molar-refractivity contribution >= 4 is 0 Å². The van der Waals surface area contributed by atoms with E-state index in [9.17, 15) is 0 Å². The van der Waals surface area contributed by atoms with Gasteiger partial charge in [-0.25, -0.2) is 0 Å². The summed E-state index contributed by atoms with van der Waals surface area (Å²) >= 11 is 0. The maximum absolute atomic E-state index is 4.42. The van der Waals surface area contributed by atoms with Gasteiger partial charge in [0.1, 0.15) is 0 Å². The molecule has 1 aliphatic rings. The Balaban J connectivity index is 1.94. The van der Waals surface area contributed by atoms with Crippen LogP contribution < -0.4 is 5.32 Å². The predicted octanol–water partition coefficient (Wildman–Crippen LogP) is 2.08. The van der Waals surface area contributed by atoms with Gasteiger partial charge in [0.25, 0.3) is 0 Å². The molecule has 90 valence electrons. The molecule has 1 aromatic rings. The van der Waals surface area contributed by atoms with Gasteiger partial charge in [0, 0.05) is 18.4 Å². The molecule has 0 aliphatic carbocycles. The Hall–Kier alpha value is -0.830. The van der Waals surface area contributed by atoms with E-state index in [4.69, 9.17) is 0 Å². The van der Waals surface area contributed by atoms with Crippen LogP contribution in [-0.4, -0.2) is 22.9 Å². The van der Waals surface area contributed by atoms with Gasteiger partial charge in [0.05, 0.1) is 0 Å². The number of piperidine rings is 1. The van der Waals surface area contributed by atoms with E-state index in [2.05, 4.69) is 35.0 Å². The first-order valence-electron chi connectivity index (χ1n) is 6.47. The topological polar surface area (TPSA) is 29.9 Å². The highest BCUT2D eigenvalue weighted by molar-refractivity contribution is 5.02. The second kappa shape index (κ2) is 5.48. The molecule has 16 heavy (non-hydrogen) atoms. The molecule has 1 aliphatic heterocycles. The third kappa shape index (κ3) is 3.08. The zero-order valence-electron chi connectivity index (χ0n) is 10.4. The van der Waals surface area contributed by atoms with Crippen LogP contribution in [-0.2, 0) is 13.0 Å². The number of nitrogens with zero attached hydrogens (tertiary/aromatic N) is 2. The Kier molecular flexibility index (Phi) is 3.99. The summed E-state index contributed by atoms with van der Waals surface area (Å²) in [6.07, 6.45) is 5.77. The maximum Gasteiger partial charge on any atom is 0.0492 e. The summed E-state index contributed by atoms with van der Waals surface area (Å²) in [6, 6.07) is 2.18. The minimum absolute atomic E-state index is 0.673. The van der Waals surface area contributed by atoms with Crippen LogP contribution in [0, 0.1) is 11.8 Å². The van der Waals surface area contributed by atoms with Gasteiger partial charge in [-0.2, -0.15) is 5.10 Å². The number of nitrogens with one attached hydrogen (secondary N) is 1. The molecule has 0 amide bonds. The predicted molar refractivity (Wildman–Crippen MR) is 66.4 cm³/mol. The number of hydrogen-bond donors (Lipinski definition) is 1. The summed E-state index contributed by atoms with van der Waals surface area (Å²) in [6.45, 7) is 7.91. The Labute approximate surface area is 98.2 Å². The van der Waals surface area contributed by atoms with Gasteiger partial charge in [-0.1, -0.05) is 13.8 Å². The smallest absolute Gasteiger partial charge is 0.0492 e. The van der Waals surface area contributed by atoms with E-state index in [0.29, 0.717) is 5.92 Å². The molecule has 3 nitrogen and oxygen atoms in total. The lowest BCUT2D eigenvalue weighted by Gasteiger charge is -2.23. The van der Waals surface area contributed by atoms with Gasteiger partial charge in [0.2, 0.25) is 0 Å². The van der Waals surface area contributed by atoms with Crippen LogP contribution in [0.25, 0.3) is 0 Å². The summed E-state index contributed by atoms with van der Waals surface area (Å²) in [4.78, 5) is 0. The molecule has 0 unspecified atom stereocenters. The summed E-state index contributed by atoms with van der Waals surface area (Å²) in [5, 5.41) is 7.84. The second-order valence-corrected chi connectivity index (χ2v) is 5.30. The van der Waals surface area contributed by atoms with Crippen LogP contribution in [0.15, 0.2) is 12.3 Å². The lowest BCUT2D eigenvalue weighted by Crippen LogP contribution is -2.29. The highest BCUT2D eigenvalue weighted by atomic mass is 15.3. The average Bonchev–Trinajstić information content (AvgIpc) is 2.66. The summed E-state index contributed by atoms with van der Waals surface area (Å²) in [5.41, 5.74) is 1.42. The van der Waals surface area contributed by atoms with Gasteiger partial charge in [0.15, 0.2) is 0 Å². The quantitative estimate of drug-likeness (QED) is 0.843. The van der Waals surface area contributed by atoms with Crippen LogP contribution in [0.4, 0.5) is 0 Å². The van der Waals surface area contributed by atoms with Crippen LogP contribution in [0.3, 0.4) is 0 Å². The van der Waals surface area contributed by atoms with E-state index in [0.717, 1.165) is 12.5 Å². The zero-order valence-corrected chi connectivity index (χ0v) is 10.4. The SMILES string of the molecule is CC(C)Cn1nccc1CC1CCNCC1. The fourth-order valence-corrected chi connectivity index (χ4v) is 2.43. The first kappa shape index (κ1) is 11.6. The molecule has 1 fully saturated rings. The van der Waals surface area contributed by atoms with Crippen molar-refractivity contribution in [1.82, 2.24) is 15.1 Å². The molecule has 2 rings (SSSR count). The van der Waals surface area contributed by atoms with E-state index in [1.54, 1.807) is 0 Å². The Morgan fingerprint density at radius 1 is 1.44 bits per heavy atom. The molecule has 0 saturated carbocycles. The van der Waals surface area contributed by atoms with E-state index in [1.807, 2.05) is 6.20 Å². The molecule has 1 N–H and O–H groups in total. The van der Waals surface area contributed by atoms with Crippen molar-refractivity contribution in [2.24, 2.45) is 11.8 Å². The fraction of sp³-hybridized carbons (Fsp3) is 0.769. The molecule has 1 aromatic heterocycles. The van der Waals surface area contributed by atoms with Crippen molar-refractivity contribution < 1.29 is 0 Å². The van der Waals surface area contributed by atoms with E-state index in [-0.39, 0.29) is 0 Å². The third-order valence-corrected chi connectivity index (χ3v) is 3.30. The summed E-state index contributed by atoms with van der Waals surface area (Å²) < 4.78 is 2.19. The lowest BCUT2D eigenvalue weighted by molar-refractivity contribution is 0.358. The van der Waals surface area contributed by atoms with Crippen molar-refractivity contribution in [3.8, 4) is 0 Å². The van der Waals surface area contributed by atoms with E-state index >= 15 is 0 Å². The summed E-state index contributed by atoms with van der Waals surface area (Å²) in [7, 11) is 0. The molecule has 0 radical (unpaired) electrons. The van der Waals surface area contributed by atoms with Crippen molar-refractivity contribution in [2.75, 3.05) is 13.1 Å².